The number of carbonyl (C=O) groups is 1. The van der Waals surface area contributed by atoms with E-state index in [0.717, 1.165) is 5.56 Å². The van der Waals surface area contributed by atoms with Crippen molar-refractivity contribution >= 4 is 6.09 Å². The fraction of sp³-hybridized carbons (Fsp3) is 0.611. The van der Waals surface area contributed by atoms with E-state index in [4.69, 9.17) is 24.1 Å². The molecule has 0 radical (unpaired) electrons. The summed E-state index contributed by atoms with van der Waals surface area (Å²) in [4.78, 5) is 12.1. The number of ether oxygens (including phenoxy) is 4. The van der Waals surface area contributed by atoms with E-state index in [2.05, 4.69) is 5.32 Å². The summed E-state index contributed by atoms with van der Waals surface area (Å²) in [6.45, 7) is 4.04. The Hall–Kier alpha value is -1.67. The van der Waals surface area contributed by atoms with Crippen molar-refractivity contribution in [2.45, 2.75) is 57.0 Å². The molecular weight excluding hydrogens is 326 g/mol. The lowest BCUT2D eigenvalue weighted by Crippen LogP contribution is -2.43. The van der Waals surface area contributed by atoms with Crippen LogP contribution >= 0.6 is 0 Å². The van der Waals surface area contributed by atoms with E-state index in [0.29, 0.717) is 6.42 Å². The zero-order chi connectivity index (χ0) is 17.9. The molecule has 25 heavy (non-hydrogen) atoms. The summed E-state index contributed by atoms with van der Waals surface area (Å²) in [5, 5.41) is 11.8. The largest absolute Gasteiger partial charge is 0.445 e. The lowest BCUT2D eigenvalue weighted by Gasteiger charge is -2.23. The Balaban J connectivity index is 1.56. The minimum Gasteiger partial charge on any atom is -0.445 e. The second-order valence-corrected chi connectivity index (χ2v) is 6.75. The van der Waals surface area contributed by atoms with Crippen LogP contribution < -0.4 is 5.32 Å². The summed E-state index contributed by atoms with van der Waals surface area (Å²) in [6.07, 6.45) is -0.766. The summed E-state index contributed by atoms with van der Waals surface area (Å²) in [5.41, 5.74) is 0.924. The van der Waals surface area contributed by atoms with Crippen molar-refractivity contribution in [3.63, 3.8) is 0 Å². The predicted octanol–water partition coefficient (Wildman–Crippen LogP) is 1.58. The molecular formula is C18H25NO6. The van der Waals surface area contributed by atoms with Crippen molar-refractivity contribution in [2.75, 3.05) is 13.2 Å². The Bertz CT molecular complexity index is 578. The molecule has 3 rings (SSSR count). The van der Waals surface area contributed by atoms with Gasteiger partial charge < -0.3 is 29.4 Å². The van der Waals surface area contributed by atoms with Gasteiger partial charge in [0, 0.05) is 0 Å². The molecule has 2 fully saturated rings. The van der Waals surface area contributed by atoms with Crippen LogP contribution in [0.25, 0.3) is 0 Å². The number of hydrogen-bond donors (Lipinski definition) is 2. The van der Waals surface area contributed by atoms with Crippen molar-refractivity contribution in [1.82, 2.24) is 5.32 Å². The quantitative estimate of drug-likeness (QED) is 0.809. The van der Waals surface area contributed by atoms with Crippen LogP contribution in [0.3, 0.4) is 0 Å². The Morgan fingerprint density at radius 1 is 1.28 bits per heavy atom. The molecule has 1 aromatic carbocycles. The van der Waals surface area contributed by atoms with Crippen LogP contribution in [0.4, 0.5) is 4.79 Å². The van der Waals surface area contributed by atoms with E-state index >= 15 is 0 Å². The number of carbonyl (C=O) groups excluding carboxylic acids is 1. The monoisotopic (exact) mass is 351 g/mol. The Labute approximate surface area is 147 Å². The second-order valence-electron chi connectivity index (χ2n) is 6.75. The molecule has 2 N–H and O–H groups in total. The van der Waals surface area contributed by atoms with Gasteiger partial charge >= 0.3 is 6.09 Å². The molecule has 2 aliphatic rings. The molecule has 0 aromatic heterocycles. The molecule has 7 heteroatoms. The van der Waals surface area contributed by atoms with Gasteiger partial charge in [0.25, 0.3) is 0 Å². The average molecular weight is 351 g/mol. The Morgan fingerprint density at radius 3 is 2.72 bits per heavy atom. The van der Waals surface area contributed by atoms with Gasteiger partial charge in [-0.15, -0.1) is 0 Å². The van der Waals surface area contributed by atoms with Crippen LogP contribution in [-0.4, -0.2) is 54.6 Å². The maximum atomic E-state index is 12.1. The van der Waals surface area contributed by atoms with Crippen LogP contribution in [0, 0.1) is 0 Å². The van der Waals surface area contributed by atoms with Gasteiger partial charge in [0.2, 0.25) is 0 Å². The van der Waals surface area contributed by atoms with Crippen molar-refractivity contribution < 1.29 is 28.8 Å². The van der Waals surface area contributed by atoms with Gasteiger partial charge in [-0.25, -0.2) is 4.79 Å². The number of nitrogens with one attached hydrogen (secondary N) is 1. The standard InChI is InChI=1S/C18H25NO6/c1-18(2)24-15-13(10-14(16(15)25-18)22-9-8-20)19-17(21)23-11-12-6-4-3-5-7-12/h3-7,13-16,20H,8-11H2,1-2H3,(H,19,21)/t13-,14+,15+,16-/m1/s1. The molecule has 1 amide bonds. The fourth-order valence-corrected chi connectivity index (χ4v) is 3.36. The SMILES string of the molecule is CC1(C)O[C@@H]2[C@H](O1)[C@@H](OCCO)C[C@H]2NC(=O)OCc1ccccc1. The van der Waals surface area contributed by atoms with Crippen LogP contribution in [-0.2, 0) is 25.6 Å². The molecule has 0 spiro atoms. The van der Waals surface area contributed by atoms with Crippen LogP contribution in [0.2, 0.25) is 0 Å². The molecule has 138 valence electrons. The molecule has 4 atom stereocenters. The van der Waals surface area contributed by atoms with Crippen LogP contribution in [0.1, 0.15) is 25.8 Å². The Morgan fingerprint density at radius 2 is 2.00 bits per heavy atom. The highest BCUT2D eigenvalue weighted by molar-refractivity contribution is 5.67. The fourth-order valence-electron chi connectivity index (χ4n) is 3.36. The van der Waals surface area contributed by atoms with Gasteiger partial charge in [-0.05, 0) is 25.8 Å². The number of hydrogen-bond acceptors (Lipinski definition) is 6. The first-order valence-corrected chi connectivity index (χ1v) is 8.54. The van der Waals surface area contributed by atoms with E-state index in [9.17, 15) is 4.79 Å². The molecule has 1 aromatic rings. The smallest absolute Gasteiger partial charge is 0.407 e. The van der Waals surface area contributed by atoms with Gasteiger partial charge in [0.15, 0.2) is 5.79 Å². The normalized spacial score (nSPS) is 30.0. The summed E-state index contributed by atoms with van der Waals surface area (Å²) >= 11 is 0. The van der Waals surface area contributed by atoms with E-state index in [-0.39, 0.29) is 44.2 Å². The second kappa shape index (κ2) is 7.70. The summed E-state index contributed by atoms with van der Waals surface area (Å²) in [6, 6.07) is 9.23. The zero-order valence-electron chi connectivity index (χ0n) is 14.5. The number of rotatable bonds is 6. The maximum absolute atomic E-state index is 12.1. The number of aliphatic hydroxyl groups excluding tert-OH is 1. The predicted molar refractivity (Wildman–Crippen MR) is 88.8 cm³/mol. The Kier molecular flexibility index (Phi) is 5.58. The summed E-state index contributed by atoms with van der Waals surface area (Å²) < 4.78 is 22.8. The van der Waals surface area contributed by atoms with E-state index < -0.39 is 11.9 Å². The van der Waals surface area contributed by atoms with Crippen molar-refractivity contribution in [2.24, 2.45) is 0 Å². The van der Waals surface area contributed by atoms with Gasteiger partial charge in [-0.3, -0.25) is 0 Å². The minimum absolute atomic E-state index is 0.0602. The average Bonchev–Trinajstić information content (AvgIpc) is 3.06. The van der Waals surface area contributed by atoms with E-state index in [1.165, 1.54) is 0 Å². The van der Waals surface area contributed by atoms with Crippen molar-refractivity contribution in [3.8, 4) is 0 Å². The number of benzene rings is 1. The third kappa shape index (κ3) is 4.49. The first-order valence-electron chi connectivity index (χ1n) is 8.54. The highest BCUT2D eigenvalue weighted by Gasteiger charge is 2.55. The molecule has 7 nitrogen and oxygen atoms in total. The first kappa shape index (κ1) is 18.1. The number of fused-ring (bicyclic) bond motifs is 1. The highest BCUT2D eigenvalue weighted by atomic mass is 16.8. The zero-order valence-corrected chi connectivity index (χ0v) is 14.5. The summed E-state index contributed by atoms with van der Waals surface area (Å²) in [5.74, 6) is -0.732. The van der Waals surface area contributed by atoms with Gasteiger partial charge in [0.05, 0.1) is 25.4 Å². The van der Waals surface area contributed by atoms with Crippen LogP contribution in [0.5, 0.6) is 0 Å². The van der Waals surface area contributed by atoms with E-state index in [1.807, 2.05) is 44.2 Å². The van der Waals surface area contributed by atoms with Crippen molar-refractivity contribution in [3.05, 3.63) is 35.9 Å². The number of amides is 1. The topological polar surface area (TPSA) is 86.3 Å². The molecule has 1 aliphatic heterocycles. The number of aliphatic hydroxyl groups is 1. The number of alkyl carbamates (subject to hydrolysis) is 1. The third-order valence-corrected chi connectivity index (χ3v) is 4.35. The molecule has 1 aliphatic carbocycles. The molecule has 0 bridgehead atoms. The molecule has 0 unspecified atom stereocenters. The molecule has 1 saturated heterocycles. The lowest BCUT2D eigenvalue weighted by molar-refractivity contribution is -0.169. The maximum Gasteiger partial charge on any atom is 0.407 e. The molecule has 1 heterocycles. The van der Waals surface area contributed by atoms with E-state index in [1.54, 1.807) is 0 Å². The van der Waals surface area contributed by atoms with Gasteiger partial charge in [-0.1, -0.05) is 30.3 Å². The third-order valence-electron chi connectivity index (χ3n) is 4.35. The summed E-state index contributed by atoms with van der Waals surface area (Å²) in [7, 11) is 0. The molecule has 1 saturated carbocycles. The van der Waals surface area contributed by atoms with Gasteiger partial charge in [0.1, 0.15) is 18.8 Å². The van der Waals surface area contributed by atoms with Gasteiger partial charge in [-0.2, -0.15) is 0 Å². The minimum atomic E-state index is -0.732. The first-order chi connectivity index (χ1) is 12.0. The van der Waals surface area contributed by atoms with Crippen LogP contribution in [0.15, 0.2) is 30.3 Å². The van der Waals surface area contributed by atoms with Crippen molar-refractivity contribution in [1.29, 1.82) is 0 Å². The lowest BCUT2D eigenvalue weighted by atomic mass is 10.2. The highest BCUT2D eigenvalue weighted by Crippen LogP contribution is 2.39.